The summed E-state index contributed by atoms with van der Waals surface area (Å²) < 4.78 is 4.94. The van der Waals surface area contributed by atoms with Crippen LogP contribution in [0.15, 0.2) is 10.6 Å². The van der Waals surface area contributed by atoms with Crippen molar-refractivity contribution >= 4 is 17.7 Å². The molecule has 2 atom stereocenters. The standard InChI is InChI=1S/C18H25N5O4/c1-10-4-13(23-27-10)16(25)21-14(8-18-5-11(6-18)7-18)17(26)22-20-9-12-2-3-19-15(12)24/h4,11-12,14,20H,2-3,5-9H2,1H3,(H,19,24)(H,21,25)(H,22,26)/t11?,12?,14-,18?/m0/s1. The summed E-state index contributed by atoms with van der Waals surface area (Å²) in [7, 11) is 0. The molecule has 0 aromatic carbocycles. The molecule has 2 bridgehead atoms. The van der Waals surface area contributed by atoms with E-state index in [0.717, 1.165) is 31.6 Å². The first kappa shape index (κ1) is 18.0. The molecule has 1 aromatic rings. The maximum Gasteiger partial charge on any atom is 0.274 e. The molecule has 4 N–H and O–H groups in total. The van der Waals surface area contributed by atoms with E-state index in [9.17, 15) is 14.4 Å². The van der Waals surface area contributed by atoms with E-state index in [-0.39, 0.29) is 28.8 Å². The van der Waals surface area contributed by atoms with E-state index >= 15 is 0 Å². The quantitative estimate of drug-likeness (QED) is 0.475. The van der Waals surface area contributed by atoms with Crippen LogP contribution in [-0.4, -0.2) is 42.0 Å². The number of amides is 3. The topological polar surface area (TPSA) is 125 Å². The summed E-state index contributed by atoms with van der Waals surface area (Å²) in [5, 5.41) is 9.27. The van der Waals surface area contributed by atoms with E-state index in [0.29, 0.717) is 25.3 Å². The lowest BCUT2D eigenvalue weighted by Crippen LogP contribution is -2.59. The molecule has 9 nitrogen and oxygen atoms in total. The SMILES string of the molecule is Cc1cc(C(=O)N[C@@H](CC23CC(C2)C3)C(=O)NNCC2CCNC2=O)no1. The average molecular weight is 375 g/mol. The highest BCUT2D eigenvalue weighted by atomic mass is 16.5. The van der Waals surface area contributed by atoms with Crippen molar-refractivity contribution in [2.24, 2.45) is 17.3 Å². The Morgan fingerprint density at radius 3 is 2.74 bits per heavy atom. The summed E-state index contributed by atoms with van der Waals surface area (Å²) in [4.78, 5) is 36.7. The first-order chi connectivity index (χ1) is 12.9. The van der Waals surface area contributed by atoms with Crippen LogP contribution in [0, 0.1) is 24.2 Å². The van der Waals surface area contributed by atoms with Crippen LogP contribution in [0.2, 0.25) is 0 Å². The molecule has 1 aromatic heterocycles. The fourth-order valence-electron chi connectivity index (χ4n) is 4.44. The zero-order chi connectivity index (χ0) is 19.0. The van der Waals surface area contributed by atoms with E-state index in [4.69, 9.17) is 4.52 Å². The van der Waals surface area contributed by atoms with Gasteiger partial charge in [-0.2, -0.15) is 0 Å². The van der Waals surface area contributed by atoms with Crippen molar-refractivity contribution in [2.75, 3.05) is 13.1 Å². The van der Waals surface area contributed by atoms with Crippen molar-refractivity contribution in [3.8, 4) is 0 Å². The summed E-state index contributed by atoms with van der Waals surface area (Å²) in [5.74, 6) is 0.463. The molecule has 3 amide bonds. The summed E-state index contributed by atoms with van der Waals surface area (Å²) in [5.41, 5.74) is 5.85. The van der Waals surface area contributed by atoms with Crippen molar-refractivity contribution in [3.63, 3.8) is 0 Å². The molecule has 1 saturated heterocycles. The van der Waals surface area contributed by atoms with Crippen LogP contribution in [0.3, 0.4) is 0 Å². The van der Waals surface area contributed by atoms with Crippen LogP contribution in [-0.2, 0) is 9.59 Å². The number of carbonyl (C=O) groups is 3. The zero-order valence-electron chi connectivity index (χ0n) is 15.3. The van der Waals surface area contributed by atoms with Gasteiger partial charge in [-0.1, -0.05) is 5.16 Å². The molecule has 146 valence electrons. The van der Waals surface area contributed by atoms with Crippen LogP contribution in [0.5, 0.6) is 0 Å². The molecule has 3 saturated carbocycles. The third-order valence-corrected chi connectivity index (χ3v) is 6.01. The highest BCUT2D eigenvalue weighted by Crippen LogP contribution is 2.66. The molecule has 5 rings (SSSR count). The number of carbonyl (C=O) groups excluding carboxylic acids is 3. The van der Waals surface area contributed by atoms with Crippen LogP contribution >= 0.6 is 0 Å². The van der Waals surface area contributed by atoms with E-state index in [2.05, 4.69) is 26.6 Å². The molecule has 0 spiro atoms. The van der Waals surface area contributed by atoms with Gasteiger partial charge in [0.2, 0.25) is 5.91 Å². The van der Waals surface area contributed by atoms with Gasteiger partial charge in [0.25, 0.3) is 11.8 Å². The van der Waals surface area contributed by atoms with Crippen LogP contribution in [0.1, 0.15) is 48.4 Å². The normalized spacial score (nSPS) is 29.3. The van der Waals surface area contributed by atoms with Crippen molar-refractivity contribution in [3.05, 3.63) is 17.5 Å². The number of hydrogen-bond donors (Lipinski definition) is 4. The lowest BCUT2D eigenvalue weighted by Gasteiger charge is -2.63. The second-order valence-electron chi connectivity index (χ2n) is 8.18. The van der Waals surface area contributed by atoms with E-state index in [1.807, 2.05) is 0 Å². The number of aromatic nitrogens is 1. The van der Waals surface area contributed by atoms with E-state index < -0.39 is 11.9 Å². The molecule has 9 heteroatoms. The van der Waals surface area contributed by atoms with E-state index in [1.165, 1.54) is 0 Å². The van der Waals surface area contributed by atoms with Crippen LogP contribution in [0.25, 0.3) is 0 Å². The second kappa shape index (κ2) is 6.95. The summed E-state index contributed by atoms with van der Waals surface area (Å²) in [6.07, 6.45) is 4.75. The lowest BCUT2D eigenvalue weighted by molar-refractivity contribution is -0.137. The van der Waals surface area contributed by atoms with Crippen LogP contribution in [0.4, 0.5) is 0 Å². The molecule has 2 heterocycles. The fraction of sp³-hybridized carbons (Fsp3) is 0.667. The highest BCUT2D eigenvalue weighted by Gasteiger charge is 2.57. The largest absolute Gasteiger partial charge is 0.361 e. The summed E-state index contributed by atoms with van der Waals surface area (Å²) >= 11 is 0. The van der Waals surface area contributed by atoms with Gasteiger partial charge in [-0.15, -0.1) is 0 Å². The van der Waals surface area contributed by atoms with Crippen molar-refractivity contribution in [2.45, 2.75) is 45.1 Å². The third-order valence-electron chi connectivity index (χ3n) is 6.01. The summed E-state index contributed by atoms with van der Waals surface area (Å²) in [6.45, 7) is 2.74. The maximum atomic E-state index is 12.7. The Bertz CT molecular complexity index is 744. The smallest absolute Gasteiger partial charge is 0.274 e. The van der Waals surface area contributed by atoms with Gasteiger partial charge in [-0.3, -0.25) is 19.8 Å². The molecule has 3 aliphatic carbocycles. The van der Waals surface area contributed by atoms with Gasteiger partial charge < -0.3 is 15.2 Å². The number of hydrazine groups is 1. The Hall–Kier alpha value is -2.42. The van der Waals surface area contributed by atoms with Gasteiger partial charge in [0.15, 0.2) is 5.69 Å². The molecule has 4 fully saturated rings. The number of aryl methyl sites for hydroxylation is 1. The number of nitrogens with zero attached hydrogens (tertiary/aromatic N) is 1. The maximum absolute atomic E-state index is 12.7. The molecule has 27 heavy (non-hydrogen) atoms. The van der Waals surface area contributed by atoms with Gasteiger partial charge in [-0.05, 0) is 50.4 Å². The molecule has 4 aliphatic rings. The van der Waals surface area contributed by atoms with Gasteiger partial charge >= 0.3 is 0 Å². The Labute approximate surface area is 157 Å². The Morgan fingerprint density at radius 2 is 2.19 bits per heavy atom. The predicted octanol–water partition coefficient (Wildman–Crippen LogP) is 0.0285. The van der Waals surface area contributed by atoms with Gasteiger partial charge in [0.1, 0.15) is 11.8 Å². The number of nitrogens with one attached hydrogen (secondary N) is 4. The monoisotopic (exact) mass is 375 g/mol. The molecule has 1 aliphatic heterocycles. The minimum Gasteiger partial charge on any atom is -0.361 e. The Balaban J connectivity index is 1.34. The van der Waals surface area contributed by atoms with Crippen molar-refractivity contribution in [1.82, 2.24) is 26.6 Å². The Morgan fingerprint density at radius 1 is 1.41 bits per heavy atom. The highest BCUT2D eigenvalue weighted by molar-refractivity contribution is 5.96. The Kier molecular flexibility index (Phi) is 4.63. The minimum atomic E-state index is -0.652. The minimum absolute atomic E-state index is 0.00290. The molecular formula is C18H25N5O4. The van der Waals surface area contributed by atoms with Gasteiger partial charge in [0.05, 0.1) is 5.92 Å². The average Bonchev–Trinajstić information content (AvgIpc) is 3.17. The van der Waals surface area contributed by atoms with Crippen molar-refractivity contribution < 1.29 is 18.9 Å². The molecular weight excluding hydrogens is 350 g/mol. The summed E-state index contributed by atoms with van der Waals surface area (Å²) in [6, 6.07) is 0.892. The van der Waals surface area contributed by atoms with E-state index in [1.54, 1.807) is 13.0 Å². The van der Waals surface area contributed by atoms with Gasteiger partial charge in [-0.25, -0.2) is 5.43 Å². The second-order valence-corrected chi connectivity index (χ2v) is 8.18. The molecule has 0 radical (unpaired) electrons. The van der Waals surface area contributed by atoms with Gasteiger partial charge in [0, 0.05) is 19.2 Å². The molecule has 1 unspecified atom stereocenters. The van der Waals surface area contributed by atoms with Crippen molar-refractivity contribution in [1.29, 1.82) is 0 Å². The first-order valence-electron chi connectivity index (χ1n) is 9.49. The first-order valence-corrected chi connectivity index (χ1v) is 9.49. The van der Waals surface area contributed by atoms with Crippen LogP contribution < -0.4 is 21.5 Å². The third kappa shape index (κ3) is 3.69. The lowest BCUT2D eigenvalue weighted by atomic mass is 9.43. The number of hydrogen-bond acceptors (Lipinski definition) is 6. The predicted molar refractivity (Wildman–Crippen MR) is 94.1 cm³/mol. The zero-order valence-corrected chi connectivity index (χ0v) is 15.3. The number of rotatable bonds is 8. The fourth-order valence-corrected chi connectivity index (χ4v) is 4.44.